The van der Waals surface area contributed by atoms with Gasteiger partial charge in [0.05, 0.1) is 0 Å². The maximum Gasteiger partial charge on any atom is 0.252 e. The van der Waals surface area contributed by atoms with Gasteiger partial charge in [-0.05, 0) is 37.8 Å². The Morgan fingerprint density at radius 2 is 2.17 bits per heavy atom. The van der Waals surface area contributed by atoms with Gasteiger partial charge in [0.2, 0.25) is 0 Å². The highest BCUT2D eigenvalue weighted by Gasteiger charge is 2.34. The highest BCUT2D eigenvalue weighted by Crippen LogP contribution is 2.31. The summed E-state index contributed by atoms with van der Waals surface area (Å²) in [6, 6.07) is 5.11. The summed E-state index contributed by atoms with van der Waals surface area (Å²) in [5.41, 5.74) is 0. The van der Waals surface area contributed by atoms with Crippen molar-refractivity contribution in [1.82, 2.24) is 4.31 Å². The summed E-state index contributed by atoms with van der Waals surface area (Å²) in [7, 11) is -3.42. The molecule has 2 atom stereocenters. The van der Waals surface area contributed by atoms with E-state index in [0.717, 1.165) is 24.2 Å². The lowest BCUT2D eigenvalue weighted by Crippen LogP contribution is -2.43. The van der Waals surface area contributed by atoms with Crippen molar-refractivity contribution in [3.63, 3.8) is 0 Å². The number of nitrogens with zero attached hydrogens (tertiary/aromatic N) is 2. The van der Waals surface area contributed by atoms with Crippen molar-refractivity contribution in [3.05, 3.63) is 17.0 Å². The molecule has 2 unspecified atom stereocenters. The third kappa shape index (κ3) is 2.44. The number of nitriles is 1. The van der Waals surface area contributed by atoms with E-state index >= 15 is 0 Å². The molecule has 1 aliphatic heterocycles. The molecular weight excluding hydrogens is 268 g/mol. The van der Waals surface area contributed by atoms with E-state index < -0.39 is 10.0 Å². The number of sulfonamides is 1. The van der Waals surface area contributed by atoms with Gasteiger partial charge in [-0.3, -0.25) is 0 Å². The first-order valence-electron chi connectivity index (χ1n) is 5.97. The topological polar surface area (TPSA) is 61.2 Å². The van der Waals surface area contributed by atoms with Crippen LogP contribution in [-0.2, 0) is 10.0 Å². The normalized spacial score (nSPS) is 25.8. The Labute approximate surface area is 112 Å². The zero-order valence-electron chi connectivity index (χ0n) is 10.5. The minimum absolute atomic E-state index is 0.0337. The number of thiophene rings is 1. The monoisotopic (exact) mass is 284 g/mol. The molecule has 2 heterocycles. The van der Waals surface area contributed by atoms with Gasteiger partial charge in [-0.2, -0.15) is 9.57 Å². The van der Waals surface area contributed by atoms with E-state index in [1.165, 1.54) is 6.07 Å². The first-order chi connectivity index (χ1) is 8.45. The Balaban J connectivity index is 2.29. The second kappa shape index (κ2) is 5.00. The first-order valence-corrected chi connectivity index (χ1v) is 8.22. The standard InChI is InChI=1S/C12H16N2O2S2/c1-9-5-6-14(10(2)7-9)18(15,16)12-4-3-11(8-13)17-12/h3-4,9-10H,5-7H2,1-2H3. The summed E-state index contributed by atoms with van der Waals surface area (Å²) in [5, 5.41) is 8.77. The van der Waals surface area contributed by atoms with E-state index in [1.807, 2.05) is 13.0 Å². The molecule has 0 bridgehead atoms. The van der Waals surface area contributed by atoms with Gasteiger partial charge in [-0.15, -0.1) is 11.3 Å². The smallest absolute Gasteiger partial charge is 0.206 e. The van der Waals surface area contributed by atoms with Crippen molar-refractivity contribution in [2.75, 3.05) is 6.54 Å². The largest absolute Gasteiger partial charge is 0.252 e. The summed E-state index contributed by atoms with van der Waals surface area (Å²) >= 11 is 1.05. The molecule has 0 N–H and O–H groups in total. The molecule has 1 fully saturated rings. The van der Waals surface area contributed by atoms with Gasteiger partial charge < -0.3 is 0 Å². The second-order valence-electron chi connectivity index (χ2n) is 4.82. The molecule has 6 heteroatoms. The van der Waals surface area contributed by atoms with Crippen molar-refractivity contribution in [2.24, 2.45) is 5.92 Å². The number of piperidine rings is 1. The van der Waals surface area contributed by atoms with Crippen LogP contribution in [-0.4, -0.2) is 25.3 Å². The quantitative estimate of drug-likeness (QED) is 0.838. The summed E-state index contributed by atoms with van der Waals surface area (Å²) < 4.78 is 26.8. The Hall–Kier alpha value is -0.900. The highest BCUT2D eigenvalue weighted by molar-refractivity contribution is 7.91. The zero-order valence-corrected chi connectivity index (χ0v) is 12.1. The van der Waals surface area contributed by atoms with Gasteiger partial charge in [0, 0.05) is 12.6 Å². The van der Waals surface area contributed by atoms with E-state index in [0.29, 0.717) is 17.3 Å². The van der Waals surface area contributed by atoms with Gasteiger partial charge in [0.15, 0.2) is 0 Å². The van der Waals surface area contributed by atoms with Crippen LogP contribution < -0.4 is 0 Å². The molecule has 0 radical (unpaired) electrons. The van der Waals surface area contributed by atoms with Crippen LogP contribution in [0.5, 0.6) is 0 Å². The molecule has 2 rings (SSSR count). The van der Waals surface area contributed by atoms with Crippen molar-refractivity contribution in [3.8, 4) is 6.07 Å². The van der Waals surface area contributed by atoms with Crippen molar-refractivity contribution in [1.29, 1.82) is 5.26 Å². The fourth-order valence-electron chi connectivity index (χ4n) is 2.38. The van der Waals surface area contributed by atoms with Gasteiger partial charge in [0.1, 0.15) is 15.2 Å². The number of hydrogen-bond acceptors (Lipinski definition) is 4. The van der Waals surface area contributed by atoms with Gasteiger partial charge >= 0.3 is 0 Å². The highest BCUT2D eigenvalue weighted by atomic mass is 32.2. The van der Waals surface area contributed by atoms with Gasteiger partial charge in [0.25, 0.3) is 10.0 Å². The van der Waals surface area contributed by atoms with Crippen molar-refractivity contribution >= 4 is 21.4 Å². The van der Waals surface area contributed by atoms with E-state index in [1.54, 1.807) is 10.4 Å². The zero-order chi connectivity index (χ0) is 13.3. The molecule has 0 saturated carbocycles. The van der Waals surface area contributed by atoms with Crippen molar-refractivity contribution in [2.45, 2.75) is 36.9 Å². The molecule has 1 saturated heterocycles. The fourth-order valence-corrected chi connectivity index (χ4v) is 5.27. The van der Waals surface area contributed by atoms with E-state index in [-0.39, 0.29) is 10.3 Å². The van der Waals surface area contributed by atoms with Crippen molar-refractivity contribution < 1.29 is 8.42 Å². The lowest BCUT2D eigenvalue weighted by Gasteiger charge is -2.35. The van der Waals surface area contributed by atoms with Gasteiger partial charge in [-0.1, -0.05) is 6.92 Å². The summed E-state index contributed by atoms with van der Waals surface area (Å²) in [4.78, 5) is 0.437. The minimum atomic E-state index is -3.42. The maximum absolute atomic E-state index is 12.5. The molecule has 98 valence electrons. The van der Waals surface area contributed by atoms with Crippen LogP contribution in [0.2, 0.25) is 0 Å². The molecular formula is C12H16N2O2S2. The fraction of sp³-hybridized carbons (Fsp3) is 0.583. The molecule has 18 heavy (non-hydrogen) atoms. The van der Waals surface area contributed by atoms with Crippen LogP contribution in [0, 0.1) is 17.2 Å². The summed E-state index contributed by atoms with van der Waals surface area (Å²) in [6.45, 7) is 4.68. The Morgan fingerprint density at radius 3 is 2.72 bits per heavy atom. The van der Waals surface area contributed by atoms with Gasteiger partial charge in [-0.25, -0.2) is 8.42 Å². The maximum atomic E-state index is 12.5. The third-order valence-electron chi connectivity index (χ3n) is 3.33. The Bertz CT molecular complexity index is 571. The minimum Gasteiger partial charge on any atom is -0.206 e. The van der Waals surface area contributed by atoms with Crippen LogP contribution in [0.4, 0.5) is 0 Å². The molecule has 0 amide bonds. The summed E-state index contributed by atoms with van der Waals surface area (Å²) in [5.74, 6) is 0.574. The molecule has 1 aromatic rings. The predicted molar refractivity (Wildman–Crippen MR) is 70.8 cm³/mol. The molecule has 0 spiro atoms. The molecule has 0 aromatic carbocycles. The first kappa shape index (κ1) is 13.5. The van der Waals surface area contributed by atoms with Crippen LogP contribution in [0.3, 0.4) is 0 Å². The average molecular weight is 284 g/mol. The number of hydrogen-bond donors (Lipinski definition) is 0. The lowest BCUT2D eigenvalue weighted by molar-refractivity contribution is 0.220. The van der Waals surface area contributed by atoms with Crippen LogP contribution in [0.15, 0.2) is 16.3 Å². The molecule has 4 nitrogen and oxygen atoms in total. The van der Waals surface area contributed by atoms with Crippen LogP contribution in [0.1, 0.15) is 31.6 Å². The molecule has 0 aliphatic carbocycles. The van der Waals surface area contributed by atoms with Crippen LogP contribution >= 0.6 is 11.3 Å². The second-order valence-corrected chi connectivity index (χ2v) is 8.03. The Morgan fingerprint density at radius 1 is 1.44 bits per heavy atom. The van der Waals surface area contributed by atoms with E-state index in [4.69, 9.17) is 5.26 Å². The average Bonchev–Trinajstić information content (AvgIpc) is 2.77. The molecule has 1 aromatic heterocycles. The van der Waals surface area contributed by atoms with Crippen LogP contribution in [0.25, 0.3) is 0 Å². The Kier molecular flexibility index (Phi) is 3.76. The SMILES string of the molecule is CC1CCN(S(=O)(=O)c2ccc(C#N)s2)C(C)C1. The summed E-state index contributed by atoms with van der Waals surface area (Å²) in [6.07, 6.45) is 1.80. The van der Waals surface area contributed by atoms with E-state index in [2.05, 4.69) is 6.92 Å². The lowest BCUT2D eigenvalue weighted by atomic mass is 9.95. The number of rotatable bonds is 2. The third-order valence-corrected chi connectivity index (χ3v) is 6.80. The molecule has 1 aliphatic rings. The predicted octanol–water partition coefficient (Wildman–Crippen LogP) is 2.43. The van der Waals surface area contributed by atoms with E-state index in [9.17, 15) is 8.42 Å².